The molecule has 0 atom stereocenters. The van der Waals surface area contributed by atoms with Crippen molar-refractivity contribution in [3.63, 3.8) is 0 Å². The molecule has 0 radical (unpaired) electrons. The van der Waals surface area contributed by atoms with Crippen LogP contribution in [0.2, 0.25) is 0 Å². The molecular formula is C9H15N3S2. The zero-order valence-corrected chi connectivity index (χ0v) is 9.74. The van der Waals surface area contributed by atoms with E-state index >= 15 is 0 Å². The van der Waals surface area contributed by atoms with Gasteiger partial charge in [-0.2, -0.15) is 11.8 Å². The van der Waals surface area contributed by atoms with Crippen molar-refractivity contribution in [1.29, 1.82) is 0 Å². The van der Waals surface area contributed by atoms with E-state index in [2.05, 4.69) is 10.2 Å². The van der Waals surface area contributed by atoms with E-state index < -0.39 is 0 Å². The van der Waals surface area contributed by atoms with E-state index in [1.807, 2.05) is 11.8 Å². The van der Waals surface area contributed by atoms with Gasteiger partial charge in [0.05, 0.1) is 0 Å². The molecule has 14 heavy (non-hydrogen) atoms. The van der Waals surface area contributed by atoms with Crippen molar-refractivity contribution in [3.05, 3.63) is 5.01 Å². The lowest BCUT2D eigenvalue weighted by Crippen LogP contribution is -1.96. The van der Waals surface area contributed by atoms with E-state index in [1.54, 1.807) is 0 Å². The van der Waals surface area contributed by atoms with Crippen molar-refractivity contribution >= 4 is 28.2 Å². The second kappa shape index (κ2) is 4.98. The number of anilines is 1. The summed E-state index contributed by atoms with van der Waals surface area (Å²) in [6.45, 7) is 0. The summed E-state index contributed by atoms with van der Waals surface area (Å²) in [7, 11) is 0. The molecule has 2 rings (SSSR count). The van der Waals surface area contributed by atoms with Crippen molar-refractivity contribution < 1.29 is 0 Å². The number of nitrogens with zero attached hydrogens (tertiary/aromatic N) is 2. The van der Waals surface area contributed by atoms with Crippen LogP contribution in [0.3, 0.4) is 0 Å². The molecule has 0 saturated heterocycles. The van der Waals surface area contributed by atoms with Crippen LogP contribution in [0.5, 0.6) is 0 Å². The lowest BCUT2D eigenvalue weighted by molar-refractivity contribution is 0.623. The average molecular weight is 229 g/mol. The first-order chi connectivity index (χ1) is 6.84. The van der Waals surface area contributed by atoms with E-state index in [0.717, 1.165) is 16.7 Å². The van der Waals surface area contributed by atoms with Gasteiger partial charge in [-0.1, -0.05) is 24.2 Å². The van der Waals surface area contributed by atoms with Crippen molar-refractivity contribution in [1.82, 2.24) is 10.2 Å². The Morgan fingerprint density at radius 3 is 2.79 bits per heavy atom. The number of thioether (sulfide) groups is 1. The van der Waals surface area contributed by atoms with Gasteiger partial charge in [0, 0.05) is 5.75 Å². The minimum atomic E-state index is 0.585. The maximum absolute atomic E-state index is 5.51. The predicted octanol–water partition coefficient (Wildman–Crippen LogP) is 2.54. The van der Waals surface area contributed by atoms with E-state index in [9.17, 15) is 0 Å². The molecule has 1 heterocycles. The van der Waals surface area contributed by atoms with Gasteiger partial charge in [0.25, 0.3) is 0 Å². The van der Waals surface area contributed by atoms with Crippen LogP contribution in [0.4, 0.5) is 5.13 Å². The van der Waals surface area contributed by atoms with Crippen LogP contribution in [-0.4, -0.2) is 16.0 Å². The fourth-order valence-corrected chi connectivity index (χ4v) is 3.72. The molecule has 0 aliphatic heterocycles. The minimum absolute atomic E-state index is 0.585. The SMILES string of the molecule is Nc1nnc(CSCC2CCCC2)s1. The van der Waals surface area contributed by atoms with E-state index in [1.165, 1.54) is 42.8 Å². The Morgan fingerprint density at radius 1 is 1.36 bits per heavy atom. The molecule has 2 N–H and O–H groups in total. The number of rotatable bonds is 4. The maximum Gasteiger partial charge on any atom is 0.203 e. The van der Waals surface area contributed by atoms with Gasteiger partial charge in [0.1, 0.15) is 5.01 Å². The lowest BCUT2D eigenvalue weighted by Gasteiger charge is -2.06. The maximum atomic E-state index is 5.51. The van der Waals surface area contributed by atoms with Crippen molar-refractivity contribution in [2.45, 2.75) is 31.4 Å². The molecule has 0 aromatic carbocycles. The summed E-state index contributed by atoms with van der Waals surface area (Å²) in [6.07, 6.45) is 5.70. The van der Waals surface area contributed by atoms with Crippen molar-refractivity contribution in [2.75, 3.05) is 11.5 Å². The second-order valence-electron chi connectivity index (χ2n) is 3.70. The Balaban J connectivity index is 1.67. The monoisotopic (exact) mass is 229 g/mol. The molecule has 0 unspecified atom stereocenters. The Bertz CT molecular complexity index is 281. The van der Waals surface area contributed by atoms with Gasteiger partial charge in [-0.05, 0) is 24.5 Å². The molecule has 1 aliphatic carbocycles. The van der Waals surface area contributed by atoms with Crippen LogP contribution in [0, 0.1) is 5.92 Å². The third-order valence-corrected chi connectivity index (χ3v) is 4.66. The third kappa shape index (κ3) is 2.85. The first-order valence-electron chi connectivity index (χ1n) is 5.00. The molecule has 0 bridgehead atoms. The molecule has 1 aromatic rings. The minimum Gasteiger partial charge on any atom is -0.374 e. The van der Waals surface area contributed by atoms with Crippen molar-refractivity contribution in [2.24, 2.45) is 5.92 Å². The fraction of sp³-hybridized carbons (Fsp3) is 0.778. The smallest absolute Gasteiger partial charge is 0.203 e. The van der Waals surface area contributed by atoms with Gasteiger partial charge < -0.3 is 5.73 Å². The number of hydrogen-bond donors (Lipinski definition) is 1. The van der Waals surface area contributed by atoms with Gasteiger partial charge in [-0.15, -0.1) is 10.2 Å². The normalized spacial score (nSPS) is 17.7. The fourth-order valence-electron chi connectivity index (χ4n) is 1.81. The summed E-state index contributed by atoms with van der Waals surface area (Å²) in [5, 5.41) is 9.45. The van der Waals surface area contributed by atoms with E-state index in [4.69, 9.17) is 5.73 Å². The van der Waals surface area contributed by atoms with Crippen LogP contribution in [0.15, 0.2) is 0 Å². The van der Waals surface area contributed by atoms with Crippen molar-refractivity contribution in [3.8, 4) is 0 Å². The predicted molar refractivity (Wildman–Crippen MR) is 62.4 cm³/mol. The molecule has 3 nitrogen and oxygen atoms in total. The molecule has 78 valence electrons. The lowest BCUT2D eigenvalue weighted by atomic mass is 10.1. The molecule has 1 fully saturated rings. The first-order valence-corrected chi connectivity index (χ1v) is 6.97. The zero-order chi connectivity index (χ0) is 9.80. The van der Waals surface area contributed by atoms with E-state index in [-0.39, 0.29) is 0 Å². The topological polar surface area (TPSA) is 51.8 Å². The standard InChI is InChI=1S/C9H15N3S2/c10-9-12-11-8(14-9)6-13-5-7-3-1-2-4-7/h7H,1-6H2,(H2,10,12). The summed E-state index contributed by atoms with van der Waals surface area (Å²) in [5.41, 5.74) is 5.51. The van der Waals surface area contributed by atoms with Gasteiger partial charge >= 0.3 is 0 Å². The quantitative estimate of drug-likeness (QED) is 0.862. The van der Waals surface area contributed by atoms with Crippen LogP contribution >= 0.6 is 23.1 Å². The number of aromatic nitrogens is 2. The zero-order valence-electron chi connectivity index (χ0n) is 8.11. The van der Waals surface area contributed by atoms with Crippen LogP contribution in [0.25, 0.3) is 0 Å². The molecule has 1 aliphatic rings. The highest BCUT2D eigenvalue weighted by Crippen LogP contribution is 2.29. The summed E-state index contributed by atoms with van der Waals surface area (Å²) in [4.78, 5) is 0. The molecule has 1 saturated carbocycles. The number of nitrogen functional groups attached to an aromatic ring is 1. The third-order valence-electron chi connectivity index (χ3n) is 2.54. The van der Waals surface area contributed by atoms with Gasteiger partial charge in [0.15, 0.2) is 0 Å². The molecule has 1 aromatic heterocycles. The molecule has 0 amide bonds. The largest absolute Gasteiger partial charge is 0.374 e. The molecule has 0 spiro atoms. The number of hydrogen-bond acceptors (Lipinski definition) is 5. The summed E-state index contributed by atoms with van der Waals surface area (Å²) >= 11 is 3.47. The number of nitrogens with two attached hydrogens (primary N) is 1. The summed E-state index contributed by atoms with van der Waals surface area (Å²) in [5.74, 6) is 3.20. The summed E-state index contributed by atoms with van der Waals surface area (Å²) in [6, 6.07) is 0. The summed E-state index contributed by atoms with van der Waals surface area (Å²) < 4.78 is 0. The average Bonchev–Trinajstić information content (AvgIpc) is 2.77. The molecule has 5 heteroatoms. The van der Waals surface area contributed by atoms with Gasteiger partial charge in [-0.3, -0.25) is 0 Å². The Labute approximate surface area is 92.5 Å². The van der Waals surface area contributed by atoms with Crippen LogP contribution < -0.4 is 5.73 Å². The van der Waals surface area contributed by atoms with Gasteiger partial charge in [0.2, 0.25) is 5.13 Å². The van der Waals surface area contributed by atoms with Crippen LogP contribution in [0.1, 0.15) is 30.7 Å². The highest BCUT2D eigenvalue weighted by atomic mass is 32.2. The van der Waals surface area contributed by atoms with Crippen LogP contribution in [-0.2, 0) is 5.75 Å². The second-order valence-corrected chi connectivity index (χ2v) is 5.82. The van der Waals surface area contributed by atoms with Gasteiger partial charge in [-0.25, -0.2) is 0 Å². The highest BCUT2D eigenvalue weighted by molar-refractivity contribution is 7.98. The van der Waals surface area contributed by atoms with E-state index in [0.29, 0.717) is 5.13 Å². The first kappa shape index (κ1) is 10.2. The highest BCUT2D eigenvalue weighted by Gasteiger charge is 2.14. The Kier molecular flexibility index (Phi) is 3.64. The Morgan fingerprint density at radius 2 is 2.14 bits per heavy atom. The Hall–Kier alpha value is -0.290. The molecular weight excluding hydrogens is 214 g/mol.